The van der Waals surface area contributed by atoms with Gasteiger partial charge in [0.05, 0.1) is 6.61 Å². The van der Waals surface area contributed by atoms with Crippen LogP contribution in [0, 0.1) is 0 Å². The largest absolute Gasteiger partial charge is 1.00 e. The zero-order chi connectivity index (χ0) is 10.8. The predicted molar refractivity (Wildman–Crippen MR) is 45.9 cm³/mol. The number of esters is 1. The topological polar surface area (TPSA) is 103 Å². The Morgan fingerprint density at radius 3 is 2.73 bits per heavy atom. The van der Waals surface area contributed by atoms with Gasteiger partial charge in [-0.25, -0.2) is 4.79 Å². The van der Waals surface area contributed by atoms with Crippen LogP contribution in [0.3, 0.4) is 0 Å². The van der Waals surface area contributed by atoms with Crippen molar-refractivity contribution in [2.45, 2.75) is 25.0 Å². The number of ether oxygens (including phenoxy) is 1. The monoisotopic (exact) mass is 238 g/mol. The quantitative estimate of drug-likeness (QED) is 0.427. The number of aliphatic hydroxyl groups is 1. The third-order valence-electron chi connectivity index (χ3n) is 2.30. The Balaban J connectivity index is 0.00000196. The maximum absolute atomic E-state index is 11.5. The second kappa shape index (κ2) is 5.29. The van der Waals surface area contributed by atoms with Gasteiger partial charge in [-0.3, -0.25) is 4.79 Å². The van der Waals surface area contributed by atoms with Crippen LogP contribution in [0.1, 0.15) is 13.3 Å². The molecule has 2 atom stereocenters. The van der Waals surface area contributed by atoms with E-state index in [1.807, 2.05) is 0 Å². The van der Waals surface area contributed by atoms with Gasteiger partial charge < -0.3 is 33.3 Å². The number of quaternary nitrogens is 1. The van der Waals surface area contributed by atoms with Gasteiger partial charge in [0, 0.05) is 6.42 Å². The van der Waals surface area contributed by atoms with E-state index in [9.17, 15) is 14.7 Å². The number of rotatable bonds is 3. The van der Waals surface area contributed by atoms with E-state index in [0.29, 0.717) is 0 Å². The van der Waals surface area contributed by atoms with E-state index < -0.39 is 23.5 Å². The summed E-state index contributed by atoms with van der Waals surface area (Å²) in [6, 6.07) is 0. The lowest BCUT2D eigenvalue weighted by Gasteiger charge is -2.21. The van der Waals surface area contributed by atoms with Crippen LogP contribution in [0.25, 0.3) is 0 Å². The van der Waals surface area contributed by atoms with E-state index in [1.165, 1.54) is 0 Å². The first kappa shape index (κ1) is 14.2. The van der Waals surface area contributed by atoms with Crippen LogP contribution in [-0.4, -0.2) is 41.8 Å². The van der Waals surface area contributed by atoms with Crippen LogP contribution in [0.2, 0.25) is 0 Å². The van der Waals surface area contributed by atoms with Crippen LogP contribution in [0.5, 0.6) is 0 Å². The molecule has 0 aromatic rings. The Kier molecular flexibility index (Phi) is 4.99. The van der Waals surface area contributed by atoms with Gasteiger partial charge in [0.2, 0.25) is 5.91 Å². The molecule has 7 heteroatoms. The zero-order valence-corrected chi connectivity index (χ0v) is 9.21. The van der Waals surface area contributed by atoms with Gasteiger partial charge in [0.25, 0.3) is 0 Å². The lowest BCUT2D eigenvalue weighted by molar-refractivity contribution is -0.380. The number of amides is 1. The van der Waals surface area contributed by atoms with Gasteiger partial charge in [-0.05, 0) is 6.92 Å². The number of halogens is 1. The summed E-state index contributed by atoms with van der Waals surface area (Å²) in [6.45, 7) is 2.10. The van der Waals surface area contributed by atoms with Crippen LogP contribution in [-0.2, 0) is 14.3 Å². The van der Waals surface area contributed by atoms with Crippen molar-refractivity contribution in [3.63, 3.8) is 0 Å². The van der Waals surface area contributed by atoms with Crippen molar-refractivity contribution in [2.75, 3.05) is 13.2 Å². The Hall–Kier alpha value is -0.850. The van der Waals surface area contributed by atoms with Gasteiger partial charge in [0.1, 0.15) is 12.6 Å². The summed E-state index contributed by atoms with van der Waals surface area (Å²) in [5.74, 6) is -1.07. The lowest BCUT2D eigenvalue weighted by atomic mass is 9.97. The van der Waals surface area contributed by atoms with E-state index in [2.05, 4.69) is 11.1 Å². The molecule has 0 radical (unpaired) electrons. The first-order chi connectivity index (χ1) is 6.55. The molecule has 1 aliphatic rings. The summed E-state index contributed by atoms with van der Waals surface area (Å²) < 4.78 is 4.81. The van der Waals surface area contributed by atoms with Crippen LogP contribution >= 0.6 is 0 Å². The molecule has 0 spiro atoms. The molecule has 1 fully saturated rings. The Morgan fingerprint density at radius 2 is 2.40 bits per heavy atom. The molecule has 1 saturated heterocycles. The Bertz CT molecular complexity index is 261. The average Bonchev–Trinajstić information content (AvgIpc) is 2.44. The number of carbonyl (C=O) groups is 2. The molecule has 0 unspecified atom stereocenters. The second-order valence-corrected chi connectivity index (χ2v) is 3.26. The average molecular weight is 239 g/mol. The number of nitrogens with one attached hydrogen (secondary N) is 1. The van der Waals surface area contributed by atoms with E-state index in [4.69, 9.17) is 4.74 Å². The molecule has 15 heavy (non-hydrogen) atoms. The van der Waals surface area contributed by atoms with Gasteiger partial charge >= 0.3 is 5.97 Å². The standard InChI is InChI=1S/C8H14N2O4.ClH/c1-2-14-7(13)8(4-9)3-5(11)6(12)10-8;/h5,11H,2-4,9H2,1H3,(H,10,12);1H/t5-,8-;/m0./s1. The van der Waals surface area contributed by atoms with E-state index in [1.54, 1.807) is 6.92 Å². The summed E-state index contributed by atoms with van der Waals surface area (Å²) in [6.07, 6.45) is -1.10. The summed E-state index contributed by atoms with van der Waals surface area (Å²) in [7, 11) is 0. The highest BCUT2D eigenvalue weighted by molar-refractivity contribution is 5.94. The second-order valence-electron chi connectivity index (χ2n) is 3.26. The van der Waals surface area contributed by atoms with Gasteiger partial charge in [0.15, 0.2) is 5.54 Å². The summed E-state index contributed by atoms with van der Waals surface area (Å²) >= 11 is 0. The molecule has 1 rings (SSSR count). The fourth-order valence-corrected chi connectivity index (χ4v) is 1.46. The first-order valence-electron chi connectivity index (χ1n) is 4.52. The minimum atomic E-state index is -1.14. The van der Waals surface area contributed by atoms with E-state index in [-0.39, 0.29) is 32.0 Å². The first-order valence-corrected chi connectivity index (χ1v) is 4.52. The molecule has 0 bridgehead atoms. The number of hydrogen-bond acceptors (Lipinski definition) is 4. The predicted octanol–water partition coefficient (Wildman–Crippen LogP) is -5.58. The zero-order valence-electron chi connectivity index (χ0n) is 8.46. The Morgan fingerprint density at radius 1 is 1.80 bits per heavy atom. The van der Waals surface area contributed by atoms with Crippen LogP contribution in [0.15, 0.2) is 0 Å². The molecule has 1 heterocycles. The molecule has 0 aromatic heterocycles. The molecule has 6 nitrogen and oxygen atoms in total. The lowest BCUT2D eigenvalue weighted by Crippen LogP contribution is -3.00. The van der Waals surface area contributed by atoms with Gasteiger partial charge in [-0.1, -0.05) is 0 Å². The highest BCUT2D eigenvalue weighted by atomic mass is 35.5. The summed E-state index contributed by atoms with van der Waals surface area (Å²) in [5.41, 5.74) is 2.45. The minimum Gasteiger partial charge on any atom is -1.00 e. The highest BCUT2D eigenvalue weighted by Crippen LogP contribution is 2.20. The maximum atomic E-state index is 11.5. The van der Waals surface area contributed by atoms with E-state index in [0.717, 1.165) is 0 Å². The molecule has 5 N–H and O–H groups in total. The van der Waals surface area contributed by atoms with Crippen LogP contribution in [0.4, 0.5) is 0 Å². The van der Waals surface area contributed by atoms with Crippen molar-refractivity contribution in [3.8, 4) is 0 Å². The number of aliphatic hydroxyl groups excluding tert-OH is 1. The summed E-state index contributed by atoms with van der Waals surface area (Å²) in [5, 5.41) is 11.7. The van der Waals surface area contributed by atoms with Crippen molar-refractivity contribution in [2.24, 2.45) is 0 Å². The van der Waals surface area contributed by atoms with Crippen molar-refractivity contribution in [1.29, 1.82) is 0 Å². The molecule has 0 aromatic carbocycles. The smallest absolute Gasteiger partial charge is 0.337 e. The molecule has 0 aliphatic carbocycles. The molecular formula is C8H15ClN2O4. The van der Waals surface area contributed by atoms with Gasteiger partial charge in [-0.15, -0.1) is 0 Å². The maximum Gasteiger partial charge on any atom is 0.337 e. The summed E-state index contributed by atoms with van der Waals surface area (Å²) in [4.78, 5) is 22.6. The van der Waals surface area contributed by atoms with E-state index >= 15 is 0 Å². The third kappa shape index (κ3) is 2.58. The molecular weight excluding hydrogens is 224 g/mol. The van der Waals surface area contributed by atoms with Crippen molar-refractivity contribution >= 4 is 11.9 Å². The molecule has 0 saturated carbocycles. The highest BCUT2D eigenvalue weighted by Gasteiger charge is 2.51. The fourth-order valence-electron chi connectivity index (χ4n) is 1.46. The molecule has 88 valence electrons. The SMILES string of the molecule is CCOC(=O)[C@@]1(C[NH3+])C[C@H](O)C(=O)N1.[Cl-]. The molecule has 1 amide bonds. The minimum absolute atomic E-state index is 0. The van der Waals surface area contributed by atoms with Crippen LogP contribution < -0.4 is 23.5 Å². The van der Waals surface area contributed by atoms with Gasteiger partial charge in [-0.2, -0.15) is 0 Å². The molecule has 1 aliphatic heterocycles. The fraction of sp³-hybridized carbons (Fsp3) is 0.750. The number of hydrogen-bond donors (Lipinski definition) is 3. The van der Waals surface area contributed by atoms with Crippen molar-refractivity contribution in [1.82, 2.24) is 5.32 Å². The number of carbonyl (C=O) groups excluding carboxylic acids is 2. The van der Waals surface area contributed by atoms with Crippen molar-refractivity contribution in [3.05, 3.63) is 0 Å². The van der Waals surface area contributed by atoms with Crippen molar-refractivity contribution < 1.29 is 37.6 Å². The third-order valence-corrected chi connectivity index (χ3v) is 2.30. The normalized spacial score (nSPS) is 29.3. The Labute approximate surface area is 93.6 Å².